The van der Waals surface area contributed by atoms with E-state index in [1.165, 1.54) is 6.07 Å². The Bertz CT molecular complexity index is 760. The highest BCUT2D eigenvalue weighted by molar-refractivity contribution is 5.83. The fourth-order valence-corrected chi connectivity index (χ4v) is 2.45. The number of hydrogen-bond acceptors (Lipinski definition) is 0. The maximum Gasteiger partial charge on any atom is 0.416 e. The van der Waals surface area contributed by atoms with Crippen molar-refractivity contribution in [2.24, 2.45) is 0 Å². The number of benzene rings is 3. The van der Waals surface area contributed by atoms with Gasteiger partial charge in [-0.05, 0) is 34.4 Å². The summed E-state index contributed by atoms with van der Waals surface area (Å²) in [4.78, 5) is 0. The van der Waals surface area contributed by atoms with Crippen molar-refractivity contribution in [3.8, 4) is 22.3 Å². The van der Waals surface area contributed by atoms with E-state index in [0.29, 0.717) is 5.56 Å². The van der Waals surface area contributed by atoms with Gasteiger partial charge < -0.3 is 0 Å². The van der Waals surface area contributed by atoms with Crippen molar-refractivity contribution in [3.05, 3.63) is 84.4 Å². The van der Waals surface area contributed by atoms with E-state index in [1.807, 2.05) is 60.7 Å². The van der Waals surface area contributed by atoms with Crippen LogP contribution in [0.3, 0.4) is 0 Å². The van der Waals surface area contributed by atoms with E-state index < -0.39 is 11.7 Å². The molecule has 0 aromatic heterocycles. The van der Waals surface area contributed by atoms with E-state index in [2.05, 4.69) is 0 Å². The van der Waals surface area contributed by atoms with Crippen molar-refractivity contribution >= 4 is 0 Å². The highest BCUT2D eigenvalue weighted by Gasteiger charge is 2.31. The lowest BCUT2D eigenvalue weighted by atomic mass is 9.93. The standard InChI is InChI=1S/C19H13F3/c20-19(21,22)16-11-12-17(14-7-3-1-4-8-14)18(13-16)15-9-5-2-6-10-15/h1-13H. The summed E-state index contributed by atoms with van der Waals surface area (Å²) < 4.78 is 39.1. The number of halogens is 3. The first-order valence-corrected chi connectivity index (χ1v) is 6.88. The lowest BCUT2D eigenvalue weighted by molar-refractivity contribution is -0.137. The molecule has 0 heterocycles. The summed E-state index contributed by atoms with van der Waals surface area (Å²) >= 11 is 0. The first-order valence-electron chi connectivity index (χ1n) is 6.88. The summed E-state index contributed by atoms with van der Waals surface area (Å²) in [5.74, 6) is 0. The highest BCUT2D eigenvalue weighted by Crippen LogP contribution is 2.37. The molecule has 3 aromatic rings. The molecule has 3 aromatic carbocycles. The van der Waals surface area contributed by atoms with Gasteiger partial charge in [-0.15, -0.1) is 0 Å². The third-order valence-corrected chi connectivity index (χ3v) is 3.52. The monoisotopic (exact) mass is 298 g/mol. The van der Waals surface area contributed by atoms with Crippen LogP contribution in [0.2, 0.25) is 0 Å². The second-order valence-electron chi connectivity index (χ2n) is 4.99. The Balaban J connectivity index is 2.23. The van der Waals surface area contributed by atoms with Crippen LogP contribution in [0.5, 0.6) is 0 Å². The minimum atomic E-state index is -4.35. The van der Waals surface area contributed by atoms with Crippen molar-refractivity contribution in [2.75, 3.05) is 0 Å². The van der Waals surface area contributed by atoms with Crippen LogP contribution in [0.25, 0.3) is 22.3 Å². The molecule has 0 aliphatic heterocycles. The van der Waals surface area contributed by atoms with Crippen LogP contribution in [-0.4, -0.2) is 0 Å². The normalized spacial score (nSPS) is 11.4. The third-order valence-electron chi connectivity index (χ3n) is 3.52. The quantitative estimate of drug-likeness (QED) is 0.541. The summed E-state index contributed by atoms with van der Waals surface area (Å²) in [5.41, 5.74) is 2.41. The first-order chi connectivity index (χ1) is 10.6. The largest absolute Gasteiger partial charge is 0.416 e. The lowest BCUT2D eigenvalue weighted by Crippen LogP contribution is -2.05. The molecule has 22 heavy (non-hydrogen) atoms. The van der Waals surface area contributed by atoms with E-state index >= 15 is 0 Å². The van der Waals surface area contributed by atoms with Gasteiger partial charge in [0.2, 0.25) is 0 Å². The maximum atomic E-state index is 13.0. The average Bonchev–Trinajstić information content (AvgIpc) is 2.55. The van der Waals surface area contributed by atoms with Gasteiger partial charge in [-0.2, -0.15) is 13.2 Å². The fraction of sp³-hybridized carbons (Fsp3) is 0.0526. The van der Waals surface area contributed by atoms with Crippen molar-refractivity contribution in [3.63, 3.8) is 0 Å². The number of rotatable bonds is 2. The topological polar surface area (TPSA) is 0 Å². The van der Waals surface area contributed by atoms with Crippen LogP contribution >= 0.6 is 0 Å². The molecule has 0 spiro atoms. The van der Waals surface area contributed by atoms with Gasteiger partial charge in [0.05, 0.1) is 5.56 Å². The summed E-state index contributed by atoms with van der Waals surface area (Å²) in [5, 5.41) is 0. The molecule has 0 amide bonds. The van der Waals surface area contributed by atoms with Crippen molar-refractivity contribution < 1.29 is 13.2 Å². The zero-order chi connectivity index (χ0) is 15.6. The van der Waals surface area contributed by atoms with Crippen molar-refractivity contribution in [1.82, 2.24) is 0 Å². The summed E-state index contributed by atoms with van der Waals surface area (Å²) in [7, 11) is 0. The molecule has 0 fully saturated rings. The van der Waals surface area contributed by atoms with Crippen LogP contribution in [0.1, 0.15) is 5.56 Å². The van der Waals surface area contributed by atoms with Crippen LogP contribution in [0.15, 0.2) is 78.9 Å². The van der Waals surface area contributed by atoms with Gasteiger partial charge >= 0.3 is 6.18 Å². The average molecular weight is 298 g/mol. The van der Waals surface area contributed by atoms with Crippen LogP contribution < -0.4 is 0 Å². The van der Waals surface area contributed by atoms with E-state index in [-0.39, 0.29) is 0 Å². The Labute approximate surface area is 126 Å². The Morgan fingerprint density at radius 2 is 1.05 bits per heavy atom. The molecule has 110 valence electrons. The SMILES string of the molecule is FC(F)(F)c1ccc(-c2ccccc2)c(-c2ccccc2)c1. The molecule has 0 atom stereocenters. The lowest BCUT2D eigenvalue weighted by Gasteiger charge is -2.14. The molecule has 0 bridgehead atoms. The maximum absolute atomic E-state index is 13.0. The Kier molecular flexibility index (Phi) is 3.72. The van der Waals surface area contributed by atoms with E-state index in [1.54, 1.807) is 6.07 Å². The molecule has 0 radical (unpaired) electrons. The molecule has 0 saturated carbocycles. The predicted octanol–water partition coefficient (Wildman–Crippen LogP) is 6.04. The molecule has 0 nitrogen and oxygen atoms in total. The van der Waals surface area contributed by atoms with Gasteiger partial charge in [-0.3, -0.25) is 0 Å². The number of alkyl halides is 3. The van der Waals surface area contributed by atoms with Gasteiger partial charge in [0.1, 0.15) is 0 Å². The Morgan fingerprint density at radius 3 is 1.55 bits per heavy atom. The van der Waals surface area contributed by atoms with Crippen molar-refractivity contribution in [2.45, 2.75) is 6.18 Å². The Morgan fingerprint density at radius 1 is 0.545 bits per heavy atom. The highest BCUT2D eigenvalue weighted by atomic mass is 19.4. The van der Waals surface area contributed by atoms with Gasteiger partial charge in [-0.25, -0.2) is 0 Å². The zero-order valence-electron chi connectivity index (χ0n) is 11.6. The Hall–Kier alpha value is -2.55. The minimum Gasteiger partial charge on any atom is -0.166 e. The van der Waals surface area contributed by atoms with Gasteiger partial charge in [0.25, 0.3) is 0 Å². The predicted molar refractivity (Wildman–Crippen MR) is 82.3 cm³/mol. The molecule has 0 aliphatic rings. The molecule has 3 heteroatoms. The molecule has 0 unspecified atom stereocenters. The smallest absolute Gasteiger partial charge is 0.166 e. The van der Waals surface area contributed by atoms with Gasteiger partial charge in [0.15, 0.2) is 0 Å². The molecule has 0 N–H and O–H groups in total. The zero-order valence-corrected chi connectivity index (χ0v) is 11.6. The minimum absolute atomic E-state index is 0.585. The van der Waals surface area contributed by atoms with Gasteiger partial charge in [-0.1, -0.05) is 66.7 Å². The molecule has 0 saturated heterocycles. The first kappa shape index (κ1) is 14.4. The summed E-state index contributed by atoms with van der Waals surface area (Å²) in [6, 6.07) is 22.5. The van der Waals surface area contributed by atoms with E-state index in [4.69, 9.17) is 0 Å². The van der Waals surface area contributed by atoms with Crippen LogP contribution in [0.4, 0.5) is 13.2 Å². The molecule has 3 rings (SSSR count). The summed E-state index contributed by atoms with van der Waals surface area (Å²) in [6.07, 6.45) is -4.35. The van der Waals surface area contributed by atoms with E-state index in [0.717, 1.165) is 22.8 Å². The van der Waals surface area contributed by atoms with Gasteiger partial charge in [0, 0.05) is 0 Å². The molecular weight excluding hydrogens is 285 g/mol. The fourth-order valence-electron chi connectivity index (χ4n) is 2.45. The van der Waals surface area contributed by atoms with Crippen molar-refractivity contribution in [1.29, 1.82) is 0 Å². The van der Waals surface area contributed by atoms with Crippen LogP contribution in [-0.2, 0) is 6.18 Å². The number of hydrogen-bond donors (Lipinski definition) is 0. The summed E-state index contributed by atoms with van der Waals surface area (Å²) in [6.45, 7) is 0. The van der Waals surface area contributed by atoms with Crippen LogP contribution in [0, 0.1) is 0 Å². The molecular formula is C19H13F3. The van der Waals surface area contributed by atoms with E-state index in [9.17, 15) is 13.2 Å². The third kappa shape index (κ3) is 2.89. The second-order valence-corrected chi connectivity index (χ2v) is 4.99. The second kappa shape index (κ2) is 5.68. The molecule has 0 aliphatic carbocycles.